The first-order chi connectivity index (χ1) is 12.7. The van der Waals surface area contributed by atoms with Crippen molar-refractivity contribution in [2.24, 2.45) is 5.10 Å². The third kappa shape index (κ3) is 4.37. The summed E-state index contributed by atoms with van der Waals surface area (Å²) in [5, 5.41) is 8.64. The number of para-hydroxylation sites is 1. The van der Waals surface area contributed by atoms with Crippen LogP contribution in [0.4, 0.5) is 4.79 Å². The Morgan fingerprint density at radius 2 is 1.96 bits per heavy atom. The summed E-state index contributed by atoms with van der Waals surface area (Å²) in [5.41, 5.74) is 5.74. The number of nitrogens with zero attached hydrogens (tertiary/aromatic N) is 3. The van der Waals surface area contributed by atoms with Crippen molar-refractivity contribution in [3.63, 3.8) is 0 Å². The summed E-state index contributed by atoms with van der Waals surface area (Å²) < 4.78 is 7.56. The van der Waals surface area contributed by atoms with Gasteiger partial charge >= 0.3 is 6.09 Å². The molecular formula is C19H17BrN4O2. The van der Waals surface area contributed by atoms with Crippen LogP contribution in [0.3, 0.4) is 0 Å². The second-order valence-electron chi connectivity index (χ2n) is 5.31. The van der Waals surface area contributed by atoms with Gasteiger partial charge in [0.2, 0.25) is 0 Å². The van der Waals surface area contributed by atoms with Crippen LogP contribution >= 0.6 is 15.9 Å². The highest BCUT2D eigenvalue weighted by atomic mass is 79.9. The first kappa shape index (κ1) is 17.9. The zero-order chi connectivity index (χ0) is 18.4. The lowest BCUT2D eigenvalue weighted by molar-refractivity contribution is 0.152. The van der Waals surface area contributed by atoms with Gasteiger partial charge in [-0.3, -0.25) is 0 Å². The number of carbonyl (C=O) groups excluding carboxylic acids is 1. The molecule has 0 aliphatic heterocycles. The van der Waals surface area contributed by atoms with Gasteiger partial charge in [0, 0.05) is 21.8 Å². The Labute approximate surface area is 159 Å². The van der Waals surface area contributed by atoms with Crippen molar-refractivity contribution in [2.45, 2.75) is 6.92 Å². The smallest absolute Gasteiger partial charge is 0.427 e. The van der Waals surface area contributed by atoms with Gasteiger partial charge < -0.3 is 4.74 Å². The molecule has 2 aromatic carbocycles. The summed E-state index contributed by atoms with van der Waals surface area (Å²) in [6, 6.07) is 17.6. The molecule has 6 nitrogen and oxygen atoms in total. The van der Waals surface area contributed by atoms with E-state index in [-0.39, 0.29) is 6.61 Å². The Kier molecular flexibility index (Phi) is 5.80. The largest absolute Gasteiger partial charge is 0.449 e. The molecule has 0 bridgehead atoms. The van der Waals surface area contributed by atoms with Crippen molar-refractivity contribution >= 4 is 28.2 Å². The van der Waals surface area contributed by atoms with Gasteiger partial charge in [-0.15, -0.1) is 0 Å². The van der Waals surface area contributed by atoms with Gasteiger partial charge in [0.15, 0.2) is 0 Å². The number of benzene rings is 2. The molecule has 0 radical (unpaired) electrons. The molecule has 0 saturated carbocycles. The SMILES string of the molecule is CCOC(=O)N/N=C/c1cn(-c2ccccc2)nc1-c1ccc(Br)cc1. The molecule has 0 aliphatic carbocycles. The Morgan fingerprint density at radius 3 is 2.65 bits per heavy atom. The van der Waals surface area contributed by atoms with Gasteiger partial charge in [-0.1, -0.05) is 46.3 Å². The maximum atomic E-state index is 11.4. The number of hydrazone groups is 1. The lowest BCUT2D eigenvalue weighted by atomic mass is 10.1. The first-order valence-electron chi connectivity index (χ1n) is 8.04. The number of amides is 1. The number of halogens is 1. The molecular weight excluding hydrogens is 396 g/mol. The molecule has 3 aromatic rings. The molecule has 0 aliphatic rings. The van der Waals surface area contributed by atoms with Gasteiger partial charge in [0.25, 0.3) is 0 Å². The van der Waals surface area contributed by atoms with Crippen LogP contribution in [0.25, 0.3) is 16.9 Å². The van der Waals surface area contributed by atoms with Gasteiger partial charge in [0.1, 0.15) is 5.69 Å². The highest BCUT2D eigenvalue weighted by Crippen LogP contribution is 2.24. The Balaban J connectivity index is 1.95. The average Bonchev–Trinajstić information content (AvgIpc) is 3.07. The van der Waals surface area contributed by atoms with E-state index in [2.05, 4.69) is 31.6 Å². The Bertz CT molecular complexity index is 905. The van der Waals surface area contributed by atoms with E-state index in [1.807, 2.05) is 60.8 Å². The summed E-state index contributed by atoms with van der Waals surface area (Å²) in [6.07, 6.45) is 2.83. The Hall–Kier alpha value is -2.93. The summed E-state index contributed by atoms with van der Waals surface area (Å²) in [7, 11) is 0. The van der Waals surface area contributed by atoms with Crippen molar-refractivity contribution in [3.05, 3.63) is 70.8 Å². The van der Waals surface area contributed by atoms with Crippen LogP contribution in [0.15, 0.2) is 70.4 Å². The Morgan fingerprint density at radius 1 is 1.23 bits per heavy atom. The molecule has 0 unspecified atom stereocenters. The third-order valence-electron chi connectivity index (χ3n) is 3.52. The van der Waals surface area contributed by atoms with E-state index < -0.39 is 6.09 Å². The molecule has 132 valence electrons. The molecule has 7 heteroatoms. The van der Waals surface area contributed by atoms with Crippen molar-refractivity contribution < 1.29 is 9.53 Å². The zero-order valence-electron chi connectivity index (χ0n) is 14.1. The van der Waals surface area contributed by atoms with Crippen LogP contribution < -0.4 is 5.43 Å². The van der Waals surface area contributed by atoms with Crippen molar-refractivity contribution in [1.29, 1.82) is 0 Å². The highest BCUT2D eigenvalue weighted by molar-refractivity contribution is 9.10. The summed E-state index contributed by atoms with van der Waals surface area (Å²) in [6.45, 7) is 2.02. The number of ether oxygens (including phenoxy) is 1. The molecule has 1 heterocycles. The number of carbonyl (C=O) groups is 1. The number of nitrogens with one attached hydrogen (secondary N) is 1. The standard InChI is InChI=1S/C19H17BrN4O2/c1-2-26-19(25)22-21-12-15-13-24(17-6-4-3-5-7-17)23-18(15)14-8-10-16(20)11-9-14/h3-13H,2H2,1H3,(H,22,25)/b21-12+. The topological polar surface area (TPSA) is 68.5 Å². The lowest BCUT2D eigenvalue weighted by Gasteiger charge is -2.01. The van der Waals surface area contributed by atoms with Crippen molar-refractivity contribution in [1.82, 2.24) is 15.2 Å². The van der Waals surface area contributed by atoms with Crippen molar-refractivity contribution in [3.8, 4) is 16.9 Å². The molecule has 0 saturated heterocycles. The zero-order valence-corrected chi connectivity index (χ0v) is 15.7. The molecule has 0 spiro atoms. The fraction of sp³-hybridized carbons (Fsp3) is 0.105. The van der Waals surface area contributed by atoms with E-state index in [1.54, 1.807) is 17.8 Å². The lowest BCUT2D eigenvalue weighted by Crippen LogP contribution is -2.18. The summed E-state index contributed by atoms with van der Waals surface area (Å²) >= 11 is 3.44. The molecule has 1 amide bonds. The predicted molar refractivity (Wildman–Crippen MR) is 104 cm³/mol. The van der Waals surface area contributed by atoms with Gasteiger partial charge in [-0.25, -0.2) is 14.9 Å². The fourth-order valence-electron chi connectivity index (χ4n) is 2.34. The minimum Gasteiger partial charge on any atom is -0.449 e. The van der Waals surface area contributed by atoms with E-state index in [9.17, 15) is 4.79 Å². The molecule has 1 N–H and O–H groups in total. The number of hydrogen-bond acceptors (Lipinski definition) is 4. The monoisotopic (exact) mass is 412 g/mol. The highest BCUT2D eigenvalue weighted by Gasteiger charge is 2.11. The molecule has 3 rings (SSSR count). The maximum absolute atomic E-state index is 11.4. The molecule has 26 heavy (non-hydrogen) atoms. The molecule has 1 aromatic heterocycles. The van der Waals surface area contributed by atoms with Crippen molar-refractivity contribution in [2.75, 3.05) is 6.61 Å². The van der Waals surface area contributed by atoms with E-state index >= 15 is 0 Å². The van der Waals surface area contributed by atoms with Crippen LogP contribution in [-0.4, -0.2) is 28.7 Å². The van der Waals surface area contributed by atoms with Crippen LogP contribution in [0.5, 0.6) is 0 Å². The first-order valence-corrected chi connectivity index (χ1v) is 8.83. The number of rotatable bonds is 5. The second-order valence-corrected chi connectivity index (χ2v) is 6.23. The quantitative estimate of drug-likeness (QED) is 0.499. The fourth-order valence-corrected chi connectivity index (χ4v) is 2.61. The third-order valence-corrected chi connectivity index (χ3v) is 4.04. The van der Waals surface area contributed by atoms with Crippen LogP contribution in [0.1, 0.15) is 12.5 Å². The maximum Gasteiger partial charge on any atom is 0.427 e. The number of hydrogen-bond donors (Lipinski definition) is 1. The average molecular weight is 413 g/mol. The number of aromatic nitrogens is 2. The predicted octanol–water partition coefficient (Wildman–Crippen LogP) is 4.38. The van der Waals surface area contributed by atoms with Gasteiger partial charge in [0.05, 0.1) is 18.5 Å². The summed E-state index contributed by atoms with van der Waals surface area (Å²) in [5.74, 6) is 0. The van der Waals surface area contributed by atoms with Crippen LogP contribution in [-0.2, 0) is 4.74 Å². The van der Waals surface area contributed by atoms with Crippen LogP contribution in [0, 0.1) is 0 Å². The molecule has 0 fully saturated rings. The van der Waals surface area contributed by atoms with E-state index in [0.29, 0.717) is 0 Å². The van der Waals surface area contributed by atoms with Gasteiger partial charge in [-0.2, -0.15) is 10.2 Å². The second kappa shape index (κ2) is 8.44. The summed E-state index contributed by atoms with van der Waals surface area (Å²) in [4.78, 5) is 11.4. The normalized spacial score (nSPS) is 10.8. The minimum absolute atomic E-state index is 0.289. The van der Waals surface area contributed by atoms with E-state index in [1.165, 1.54) is 0 Å². The van der Waals surface area contributed by atoms with Gasteiger partial charge in [-0.05, 0) is 31.2 Å². The minimum atomic E-state index is -0.593. The molecule has 0 atom stereocenters. The van der Waals surface area contributed by atoms with Crippen LogP contribution in [0.2, 0.25) is 0 Å². The van der Waals surface area contributed by atoms with E-state index in [0.717, 1.165) is 27.0 Å². The van der Waals surface area contributed by atoms with E-state index in [4.69, 9.17) is 4.74 Å².